The van der Waals surface area contributed by atoms with Crippen LogP contribution in [-0.4, -0.2) is 38.7 Å². The number of nitrogens with zero attached hydrogens (tertiary/aromatic N) is 1. The van der Waals surface area contributed by atoms with E-state index in [-0.39, 0.29) is 5.82 Å². The summed E-state index contributed by atoms with van der Waals surface area (Å²) in [7, 11) is 3.61. The van der Waals surface area contributed by atoms with Crippen LogP contribution in [0.25, 0.3) is 0 Å². The molecule has 1 N–H and O–H groups in total. The van der Waals surface area contributed by atoms with Gasteiger partial charge in [0, 0.05) is 6.04 Å². The molecular formula is C16H25FN2O. The lowest BCUT2D eigenvalue weighted by Crippen LogP contribution is -2.29. The van der Waals surface area contributed by atoms with E-state index in [4.69, 9.17) is 4.74 Å². The van der Waals surface area contributed by atoms with Gasteiger partial charge in [0.2, 0.25) is 0 Å². The highest BCUT2D eigenvalue weighted by molar-refractivity contribution is 5.32. The van der Waals surface area contributed by atoms with Crippen LogP contribution in [0.2, 0.25) is 0 Å². The monoisotopic (exact) mass is 280 g/mol. The largest absolute Gasteiger partial charge is 0.494 e. The summed E-state index contributed by atoms with van der Waals surface area (Å²) >= 11 is 0. The molecule has 2 unspecified atom stereocenters. The summed E-state index contributed by atoms with van der Waals surface area (Å²) in [6, 6.07) is 5.63. The van der Waals surface area contributed by atoms with Gasteiger partial charge in [0.1, 0.15) is 0 Å². The molecule has 1 aliphatic rings. The van der Waals surface area contributed by atoms with Crippen LogP contribution in [-0.2, 0) is 0 Å². The zero-order chi connectivity index (χ0) is 14.5. The van der Waals surface area contributed by atoms with E-state index in [0.29, 0.717) is 17.7 Å². The summed E-state index contributed by atoms with van der Waals surface area (Å²) in [6.07, 6.45) is 2.30. The third kappa shape index (κ3) is 3.30. The molecule has 1 fully saturated rings. The van der Waals surface area contributed by atoms with Gasteiger partial charge < -0.3 is 10.1 Å². The Hall–Kier alpha value is -1.13. The average molecular weight is 280 g/mol. The normalized spacial score (nSPS) is 23.2. The first-order chi connectivity index (χ1) is 9.67. The van der Waals surface area contributed by atoms with E-state index in [0.717, 1.165) is 38.0 Å². The summed E-state index contributed by atoms with van der Waals surface area (Å²) in [6.45, 7) is 5.28. The molecule has 3 nitrogen and oxygen atoms in total. The van der Waals surface area contributed by atoms with Crippen LogP contribution in [0.3, 0.4) is 0 Å². The lowest BCUT2D eigenvalue weighted by molar-refractivity contribution is 0.271. The summed E-state index contributed by atoms with van der Waals surface area (Å²) in [5, 5.41) is 3.49. The molecule has 112 valence electrons. The Morgan fingerprint density at radius 3 is 2.90 bits per heavy atom. The average Bonchev–Trinajstić information content (AvgIpc) is 2.80. The molecule has 0 spiro atoms. The Morgan fingerprint density at radius 1 is 1.45 bits per heavy atom. The van der Waals surface area contributed by atoms with E-state index < -0.39 is 0 Å². The number of ether oxygens (including phenoxy) is 1. The fourth-order valence-electron chi connectivity index (χ4n) is 3.10. The molecule has 1 saturated heterocycles. The second-order valence-electron chi connectivity index (χ2n) is 5.57. The molecule has 1 aliphatic heterocycles. The highest BCUT2D eigenvalue weighted by Gasteiger charge is 2.32. The molecule has 1 heterocycles. The maximum absolute atomic E-state index is 13.9. The van der Waals surface area contributed by atoms with Crippen molar-refractivity contribution in [1.82, 2.24) is 10.2 Å². The summed E-state index contributed by atoms with van der Waals surface area (Å²) in [5.41, 5.74) is 1.05. The van der Waals surface area contributed by atoms with Gasteiger partial charge in [-0.1, -0.05) is 13.0 Å². The maximum Gasteiger partial charge on any atom is 0.165 e. The Labute approximate surface area is 121 Å². The van der Waals surface area contributed by atoms with E-state index in [2.05, 4.69) is 24.2 Å². The van der Waals surface area contributed by atoms with Gasteiger partial charge in [-0.15, -0.1) is 0 Å². The number of benzene rings is 1. The number of hydrogen-bond acceptors (Lipinski definition) is 3. The Kier molecular flexibility index (Phi) is 5.38. The zero-order valence-electron chi connectivity index (χ0n) is 12.7. The first-order valence-electron chi connectivity index (χ1n) is 7.41. The lowest BCUT2D eigenvalue weighted by Gasteiger charge is -2.26. The number of likely N-dealkylation sites (tertiary alicyclic amines) is 1. The van der Waals surface area contributed by atoms with Crippen LogP contribution in [0.1, 0.15) is 31.4 Å². The van der Waals surface area contributed by atoms with Gasteiger partial charge in [0.25, 0.3) is 0 Å². The molecule has 0 aromatic heterocycles. The minimum Gasteiger partial charge on any atom is -0.494 e. The summed E-state index contributed by atoms with van der Waals surface area (Å²) < 4.78 is 18.9. The van der Waals surface area contributed by atoms with E-state index in [1.807, 2.05) is 6.07 Å². The first-order valence-corrected chi connectivity index (χ1v) is 7.41. The fraction of sp³-hybridized carbons (Fsp3) is 0.625. The molecule has 0 aliphatic carbocycles. The molecule has 1 aromatic rings. The van der Waals surface area contributed by atoms with Crippen molar-refractivity contribution in [2.45, 2.75) is 25.8 Å². The predicted octanol–water partition coefficient (Wildman–Crippen LogP) is 2.83. The van der Waals surface area contributed by atoms with Gasteiger partial charge in [-0.05, 0) is 63.1 Å². The van der Waals surface area contributed by atoms with Crippen LogP contribution in [0.4, 0.5) is 4.39 Å². The van der Waals surface area contributed by atoms with Crippen molar-refractivity contribution in [2.75, 3.05) is 33.8 Å². The van der Waals surface area contributed by atoms with Crippen LogP contribution in [0, 0.1) is 11.7 Å². The van der Waals surface area contributed by atoms with Gasteiger partial charge in [-0.3, -0.25) is 4.90 Å². The maximum atomic E-state index is 13.9. The highest BCUT2D eigenvalue weighted by Crippen LogP contribution is 2.36. The molecule has 2 atom stereocenters. The van der Waals surface area contributed by atoms with E-state index in [1.165, 1.54) is 7.11 Å². The number of nitrogens with one attached hydrogen (secondary N) is 1. The van der Waals surface area contributed by atoms with Crippen molar-refractivity contribution in [2.24, 2.45) is 5.92 Å². The second-order valence-corrected chi connectivity index (χ2v) is 5.57. The standard InChI is InChI=1S/C16H25FN2O/c1-4-8-18-11-13-7-9-19(2)16(13)12-5-6-15(20-3)14(17)10-12/h5-6,10,13,16,18H,4,7-9,11H2,1-3H3. The molecule has 4 heteroatoms. The fourth-order valence-corrected chi connectivity index (χ4v) is 3.10. The van der Waals surface area contributed by atoms with Gasteiger partial charge in [-0.25, -0.2) is 4.39 Å². The van der Waals surface area contributed by atoms with Gasteiger partial charge in [-0.2, -0.15) is 0 Å². The smallest absolute Gasteiger partial charge is 0.165 e. The predicted molar refractivity (Wildman–Crippen MR) is 79.6 cm³/mol. The number of halogens is 1. The first kappa shape index (κ1) is 15.3. The molecule has 2 rings (SSSR count). The summed E-state index contributed by atoms with van der Waals surface area (Å²) in [5.74, 6) is 0.583. The van der Waals surface area contributed by atoms with E-state index in [9.17, 15) is 4.39 Å². The molecule has 0 bridgehead atoms. The van der Waals surface area contributed by atoms with Crippen molar-refractivity contribution >= 4 is 0 Å². The highest BCUT2D eigenvalue weighted by atomic mass is 19.1. The van der Waals surface area contributed by atoms with Crippen LogP contribution < -0.4 is 10.1 Å². The van der Waals surface area contributed by atoms with Crippen molar-refractivity contribution in [3.63, 3.8) is 0 Å². The Bertz CT molecular complexity index is 438. The quantitative estimate of drug-likeness (QED) is 0.811. The van der Waals surface area contributed by atoms with E-state index >= 15 is 0 Å². The molecule has 0 amide bonds. The lowest BCUT2D eigenvalue weighted by atomic mass is 9.93. The van der Waals surface area contributed by atoms with Crippen molar-refractivity contribution in [3.8, 4) is 5.75 Å². The van der Waals surface area contributed by atoms with Crippen molar-refractivity contribution < 1.29 is 9.13 Å². The molecule has 0 saturated carbocycles. The number of rotatable bonds is 6. The van der Waals surface area contributed by atoms with Crippen LogP contribution in [0.15, 0.2) is 18.2 Å². The van der Waals surface area contributed by atoms with E-state index in [1.54, 1.807) is 12.1 Å². The molecule has 1 aromatic carbocycles. The Morgan fingerprint density at radius 2 is 2.25 bits per heavy atom. The minimum atomic E-state index is -0.273. The molecular weight excluding hydrogens is 255 g/mol. The number of hydrogen-bond donors (Lipinski definition) is 1. The second kappa shape index (κ2) is 7.04. The zero-order valence-corrected chi connectivity index (χ0v) is 12.7. The SMILES string of the molecule is CCCNCC1CCN(C)C1c1ccc(OC)c(F)c1. The van der Waals surface area contributed by atoms with Crippen LogP contribution in [0.5, 0.6) is 5.75 Å². The third-order valence-electron chi connectivity index (χ3n) is 4.12. The van der Waals surface area contributed by atoms with Crippen molar-refractivity contribution in [1.29, 1.82) is 0 Å². The summed E-state index contributed by atoms with van der Waals surface area (Å²) in [4.78, 5) is 2.32. The van der Waals surface area contributed by atoms with Gasteiger partial charge in [0.05, 0.1) is 7.11 Å². The Balaban J connectivity index is 2.12. The number of methoxy groups -OCH3 is 1. The topological polar surface area (TPSA) is 24.5 Å². The van der Waals surface area contributed by atoms with Crippen molar-refractivity contribution in [3.05, 3.63) is 29.6 Å². The van der Waals surface area contributed by atoms with Gasteiger partial charge >= 0.3 is 0 Å². The van der Waals surface area contributed by atoms with Gasteiger partial charge in [0.15, 0.2) is 11.6 Å². The molecule has 0 radical (unpaired) electrons. The van der Waals surface area contributed by atoms with Crippen LogP contribution >= 0.6 is 0 Å². The third-order valence-corrected chi connectivity index (χ3v) is 4.12. The molecule has 20 heavy (non-hydrogen) atoms. The minimum absolute atomic E-state index is 0.273.